The van der Waals surface area contributed by atoms with Crippen molar-refractivity contribution in [3.63, 3.8) is 0 Å². The molecule has 0 aliphatic rings. The summed E-state index contributed by atoms with van der Waals surface area (Å²) in [6, 6.07) is 3.95. The van der Waals surface area contributed by atoms with Crippen LogP contribution in [-0.2, 0) is 10.8 Å². The quantitative estimate of drug-likeness (QED) is 0.667. The zero-order valence-electron chi connectivity index (χ0n) is 9.33. The Bertz CT molecular complexity index is 454. The van der Waals surface area contributed by atoms with Crippen LogP contribution in [0.4, 0.5) is 23.2 Å². The Hall–Kier alpha value is -1.31. The molecule has 0 saturated heterocycles. The van der Waals surface area contributed by atoms with Gasteiger partial charge in [-0.15, -0.1) is 0 Å². The molecule has 2 N–H and O–H groups in total. The Kier molecular flexibility index (Phi) is 4.55. The van der Waals surface area contributed by atoms with E-state index in [-0.39, 0.29) is 16.3 Å². The number of methoxy groups -OCH3 is 1. The number of ether oxygens (including phenoxy) is 1. The molecule has 0 amide bonds. The van der Waals surface area contributed by atoms with Gasteiger partial charge in [0.15, 0.2) is 0 Å². The fourth-order valence-electron chi connectivity index (χ4n) is 1.15. The molecule has 1 unspecified atom stereocenters. The van der Waals surface area contributed by atoms with Crippen molar-refractivity contribution in [2.24, 2.45) is 0 Å². The minimum absolute atomic E-state index is 0.0146. The van der Waals surface area contributed by atoms with E-state index in [4.69, 9.17) is 10.5 Å². The van der Waals surface area contributed by atoms with Crippen molar-refractivity contribution >= 4 is 16.5 Å². The predicted octanol–water partition coefficient (Wildman–Crippen LogP) is 2.29. The summed E-state index contributed by atoms with van der Waals surface area (Å²) >= 11 is 0. The van der Waals surface area contributed by atoms with Crippen LogP contribution in [0.25, 0.3) is 0 Å². The fraction of sp³-hybridized carbons (Fsp3) is 0.400. The van der Waals surface area contributed by atoms with Gasteiger partial charge in [0.2, 0.25) is 0 Å². The Morgan fingerprint density at radius 1 is 1.44 bits per heavy atom. The van der Waals surface area contributed by atoms with E-state index in [0.29, 0.717) is 0 Å². The molecular weight excluding hydrogens is 274 g/mol. The second-order valence-electron chi connectivity index (χ2n) is 3.46. The minimum Gasteiger partial charge on any atom is -0.497 e. The molecule has 0 spiro atoms. The Balaban J connectivity index is 2.97. The molecule has 0 heterocycles. The average molecular weight is 285 g/mol. The predicted molar refractivity (Wildman–Crippen MR) is 59.6 cm³/mol. The normalized spacial score (nSPS) is 13.7. The van der Waals surface area contributed by atoms with Crippen molar-refractivity contribution in [3.8, 4) is 5.75 Å². The van der Waals surface area contributed by atoms with Crippen LogP contribution in [0.3, 0.4) is 0 Å². The van der Waals surface area contributed by atoms with Gasteiger partial charge in [-0.1, -0.05) is 0 Å². The molecular formula is C10H11F4NO2S. The largest absolute Gasteiger partial charge is 0.497 e. The number of hydrogen-bond acceptors (Lipinski definition) is 3. The Labute approximate surface area is 103 Å². The van der Waals surface area contributed by atoms with Gasteiger partial charge in [0.1, 0.15) is 5.75 Å². The standard InChI is InChI=1S/C10H11F4NO2S/c1-17-6-2-3-7(15)8(4-6)18(16)5-10(13,14)9(11)12/h2-4,9H,5,15H2,1H3. The molecule has 1 rings (SSSR count). The lowest BCUT2D eigenvalue weighted by Crippen LogP contribution is -2.33. The van der Waals surface area contributed by atoms with Gasteiger partial charge in [-0.25, -0.2) is 8.78 Å². The monoisotopic (exact) mass is 285 g/mol. The lowest BCUT2D eigenvalue weighted by Gasteiger charge is -2.15. The highest BCUT2D eigenvalue weighted by atomic mass is 32.2. The van der Waals surface area contributed by atoms with Crippen molar-refractivity contribution in [2.45, 2.75) is 17.2 Å². The summed E-state index contributed by atoms with van der Waals surface area (Å²) in [4.78, 5) is -0.144. The molecule has 0 saturated carbocycles. The van der Waals surface area contributed by atoms with E-state index in [2.05, 4.69) is 0 Å². The molecule has 102 valence electrons. The first-order valence-corrected chi connectivity index (χ1v) is 6.07. The minimum atomic E-state index is -4.32. The molecule has 1 aromatic carbocycles. The summed E-state index contributed by atoms with van der Waals surface area (Å²) in [5.41, 5.74) is 5.44. The number of benzene rings is 1. The topological polar surface area (TPSA) is 52.3 Å². The second kappa shape index (κ2) is 5.55. The number of nitrogens with two attached hydrogens (primary N) is 1. The molecule has 0 aromatic heterocycles. The van der Waals surface area contributed by atoms with E-state index >= 15 is 0 Å². The highest BCUT2D eigenvalue weighted by molar-refractivity contribution is 7.85. The molecule has 3 nitrogen and oxygen atoms in total. The van der Waals surface area contributed by atoms with E-state index < -0.39 is 28.9 Å². The summed E-state index contributed by atoms with van der Waals surface area (Å²) < 4.78 is 66.0. The number of nitrogen functional groups attached to an aromatic ring is 1. The second-order valence-corrected chi connectivity index (χ2v) is 4.87. The smallest absolute Gasteiger partial charge is 0.319 e. The van der Waals surface area contributed by atoms with Crippen molar-refractivity contribution in [1.29, 1.82) is 0 Å². The van der Waals surface area contributed by atoms with Crippen LogP contribution in [0.15, 0.2) is 23.1 Å². The fourth-order valence-corrected chi connectivity index (χ4v) is 2.36. The third kappa shape index (κ3) is 3.34. The van der Waals surface area contributed by atoms with E-state index in [0.717, 1.165) is 0 Å². The number of alkyl halides is 4. The molecule has 18 heavy (non-hydrogen) atoms. The first-order chi connectivity index (χ1) is 8.27. The molecule has 8 heteroatoms. The summed E-state index contributed by atoms with van der Waals surface area (Å²) in [6.07, 6.45) is -3.87. The summed E-state index contributed by atoms with van der Waals surface area (Å²) in [5, 5.41) is 0. The van der Waals surface area contributed by atoms with Gasteiger partial charge in [0.05, 0.1) is 28.6 Å². The number of halogens is 4. The number of anilines is 1. The zero-order valence-corrected chi connectivity index (χ0v) is 10.1. The number of rotatable bonds is 5. The van der Waals surface area contributed by atoms with Gasteiger partial charge >= 0.3 is 12.3 Å². The average Bonchev–Trinajstić information content (AvgIpc) is 2.28. The maximum Gasteiger partial charge on any atom is 0.319 e. The third-order valence-corrected chi connectivity index (χ3v) is 3.60. The molecule has 1 aromatic rings. The van der Waals surface area contributed by atoms with E-state index in [1.807, 2.05) is 0 Å². The van der Waals surface area contributed by atoms with Gasteiger partial charge in [0, 0.05) is 5.69 Å². The summed E-state index contributed by atoms with van der Waals surface area (Å²) in [7, 11) is -1.01. The molecule has 0 radical (unpaired) electrons. The Morgan fingerprint density at radius 3 is 2.56 bits per heavy atom. The van der Waals surface area contributed by atoms with Crippen LogP contribution in [0.5, 0.6) is 5.75 Å². The lowest BCUT2D eigenvalue weighted by molar-refractivity contribution is -0.110. The van der Waals surface area contributed by atoms with Crippen molar-refractivity contribution in [1.82, 2.24) is 0 Å². The molecule has 0 aliphatic heterocycles. The van der Waals surface area contributed by atoms with Gasteiger partial charge in [-0.05, 0) is 18.2 Å². The highest BCUT2D eigenvalue weighted by Gasteiger charge is 2.42. The summed E-state index contributed by atoms with van der Waals surface area (Å²) in [6.45, 7) is 0. The van der Waals surface area contributed by atoms with E-state index in [9.17, 15) is 21.8 Å². The SMILES string of the molecule is COc1ccc(N)c(S(=O)CC(F)(F)C(F)F)c1. The first-order valence-electron chi connectivity index (χ1n) is 4.76. The van der Waals surface area contributed by atoms with Crippen LogP contribution in [0.1, 0.15) is 0 Å². The van der Waals surface area contributed by atoms with Crippen LogP contribution >= 0.6 is 0 Å². The van der Waals surface area contributed by atoms with E-state index in [1.165, 1.54) is 25.3 Å². The maximum absolute atomic E-state index is 12.8. The van der Waals surface area contributed by atoms with Gasteiger partial charge in [0.25, 0.3) is 0 Å². The number of hydrogen-bond donors (Lipinski definition) is 1. The molecule has 1 atom stereocenters. The highest BCUT2D eigenvalue weighted by Crippen LogP contribution is 2.29. The summed E-state index contributed by atoms with van der Waals surface area (Å²) in [5.74, 6) is -5.55. The zero-order chi connectivity index (χ0) is 13.9. The van der Waals surface area contributed by atoms with Gasteiger partial charge in [-0.3, -0.25) is 4.21 Å². The molecule has 0 fully saturated rings. The lowest BCUT2D eigenvalue weighted by atomic mass is 10.3. The van der Waals surface area contributed by atoms with E-state index in [1.54, 1.807) is 0 Å². The van der Waals surface area contributed by atoms with Crippen LogP contribution < -0.4 is 10.5 Å². The van der Waals surface area contributed by atoms with Crippen molar-refractivity contribution in [2.75, 3.05) is 18.6 Å². The van der Waals surface area contributed by atoms with Crippen LogP contribution in [0.2, 0.25) is 0 Å². The van der Waals surface area contributed by atoms with Gasteiger partial charge in [-0.2, -0.15) is 8.78 Å². The maximum atomic E-state index is 12.8. The molecule has 0 bridgehead atoms. The molecule has 0 aliphatic carbocycles. The van der Waals surface area contributed by atoms with Crippen LogP contribution in [-0.4, -0.2) is 29.4 Å². The first kappa shape index (κ1) is 14.7. The van der Waals surface area contributed by atoms with Crippen LogP contribution in [0, 0.1) is 0 Å². The van der Waals surface area contributed by atoms with Crippen molar-refractivity contribution < 1.29 is 26.5 Å². The third-order valence-electron chi connectivity index (χ3n) is 2.11. The van der Waals surface area contributed by atoms with Crippen molar-refractivity contribution in [3.05, 3.63) is 18.2 Å². The Morgan fingerprint density at radius 2 is 2.06 bits per heavy atom. The van der Waals surface area contributed by atoms with Gasteiger partial charge < -0.3 is 10.5 Å².